The Balaban J connectivity index is 1.64. The van der Waals surface area contributed by atoms with E-state index >= 15 is 0 Å². The maximum absolute atomic E-state index is 11.3. The smallest absolute Gasteiger partial charge is 0.330 e. The van der Waals surface area contributed by atoms with E-state index < -0.39 is 5.97 Å². The van der Waals surface area contributed by atoms with Crippen molar-refractivity contribution in [2.75, 3.05) is 0 Å². The molecule has 0 aliphatic carbocycles. The van der Waals surface area contributed by atoms with Gasteiger partial charge in [0.25, 0.3) is 0 Å². The van der Waals surface area contributed by atoms with Crippen LogP contribution in [-0.4, -0.2) is 5.97 Å². The predicted molar refractivity (Wildman–Crippen MR) is 116 cm³/mol. The largest absolute Gasteiger partial charge is 0.458 e. The maximum Gasteiger partial charge on any atom is 0.330 e. The second kappa shape index (κ2) is 6.50. The van der Waals surface area contributed by atoms with Gasteiger partial charge in [-0.3, -0.25) is 0 Å². The first kappa shape index (κ1) is 16.5. The second-order valence-corrected chi connectivity index (χ2v) is 7.09. The van der Waals surface area contributed by atoms with E-state index in [0.29, 0.717) is 0 Å². The Bertz CT molecular complexity index is 1400. The fourth-order valence-corrected chi connectivity index (χ4v) is 3.80. The summed E-state index contributed by atoms with van der Waals surface area (Å²) in [5, 5.41) is 9.73. The molecular formula is C26H18O2. The van der Waals surface area contributed by atoms with Crippen LogP contribution < -0.4 is 0 Å². The molecule has 0 saturated heterocycles. The first-order valence-electron chi connectivity index (χ1n) is 9.28. The van der Waals surface area contributed by atoms with Crippen molar-refractivity contribution in [3.05, 3.63) is 97.1 Å². The predicted octanol–water partition coefficient (Wildman–Crippen LogP) is 6.53. The van der Waals surface area contributed by atoms with Crippen molar-refractivity contribution in [1.82, 2.24) is 0 Å². The number of rotatable bonds is 3. The molecular weight excluding hydrogens is 344 g/mol. The number of ether oxygens (including phenoxy) is 1. The average Bonchev–Trinajstić information content (AvgIpc) is 2.73. The molecule has 0 atom stereocenters. The molecule has 0 amide bonds. The van der Waals surface area contributed by atoms with Crippen LogP contribution in [0.1, 0.15) is 5.56 Å². The highest BCUT2D eigenvalue weighted by molar-refractivity contribution is 6.08. The van der Waals surface area contributed by atoms with Crippen molar-refractivity contribution in [2.45, 2.75) is 6.61 Å². The highest BCUT2D eigenvalue weighted by atomic mass is 16.5. The lowest BCUT2D eigenvalue weighted by Crippen LogP contribution is -1.99. The molecule has 0 fully saturated rings. The first-order valence-corrected chi connectivity index (χ1v) is 9.28. The third-order valence-corrected chi connectivity index (χ3v) is 5.23. The monoisotopic (exact) mass is 362 g/mol. The van der Waals surface area contributed by atoms with Crippen LogP contribution in [0.2, 0.25) is 0 Å². The number of benzene rings is 5. The van der Waals surface area contributed by atoms with E-state index in [0.717, 1.165) is 10.9 Å². The topological polar surface area (TPSA) is 26.3 Å². The van der Waals surface area contributed by atoms with E-state index in [9.17, 15) is 4.79 Å². The quantitative estimate of drug-likeness (QED) is 0.207. The Hall–Kier alpha value is -3.65. The van der Waals surface area contributed by atoms with E-state index in [2.05, 4.69) is 79.4 Å². The molecule has 134 valence electrons. The summed E-state index contributed by atoms with van der Waals surface area (Å²) in [7, 11) is 0. The van der Waals surface area contributed by atoms with Gasteiger partial charge < -0.3 is 4.74 Å². The molecule has 0 radical (unpaired) electrons. The van der Waals surface area contributed by atoms with E-state index in [1.54, 1.807) is 0 Å². The highest BCUT2D eigenvalue weighted by Crippen LogP contribution is 2.30. The Labute approximate surface area is 162 Å². The minimum Gasteiger partial charge on any atom is -0.458 e. The van der Waals surface area contributed by atoms with Crippen LogP contribution in [0.15, 0.2) is 91.5 Å². The molecule has 0 bridgehead atoms. The molecule has 2 heteroatoms. The SMILES string of the molecule is C=CC(=O)OCc1ccc2cc3cc4cc5ccccc5cc4cc3cc2c1. The third-order valence-electron chi connectivity index (χ3n) is 5.23. The molecule has 0 N–H and O–H groups in total. The Morgan fingerprint density at radius 2 is 1.14 bits per heavy atom. The van der Waals surface area contributed by atoms with Gasteiger partial charge in [-0.1, -0.05) is 43.0 Å². The van der Waals surface area contributed by atoms with Gasteiger partial charge in [-0.2, -0.15) is 0 Å². The molecule has 5 aromatic rings. The highest BCUT2D eigenvalue weighted by Gasteiger charge is 2.05. The molecule has 0 aromatic heterocycles. The molecule has 0 saturated carbocycles. The summed E-state index contributed by atoms with van der Waals surface area (Å²) >= 11 is 0. The number of carbonyl (C=O) groups excluding carboxylic acids is 1. The van der Waals surface area contributed by atoms with Gasteiger partial charge in [-0.15, -0.1) is 0 Å². The minimum absolute atomic E-state index is 0.253. The van der Waals surface area contributed by atoms with Crippen molar-refractivity contribution in [2.24, 2.45) is 0 Å². The molecule has 0 heterocycles. The van der Waals surface area contributed by atoms with Gasteiger partial charge in [0.15, 0.2) is 0 Å². The van der Waals surface area contributed by atoms with Gasteiger partial charge in [-0.05, 0) is 91.1 Å². The van der Waals surface area contributed by atoms with Crippen LogP contribution in [0.3, 0.4) is 0 Å². The zero-order chi connectivity index (χ0) is 19.1. The van der Waals surface area contributed by atoms with Crippen LogP contribution in [0.5, 0.6) is 0 Å². The molecule has 0 aliphatic heterocycles. The zero-order valence-corrected chi connectivity index (χ0v) is 15.3. The number of carbonyl (C=O) groups is 1. The van der Waals surface area contributed by atoms with Crippen molar-refractivity contribution < 1.29 is 9.53 Å². The van der Waals surface area contributed by atoms with Crippen molar-refractivity contribution in [3.63, 3.8) is 0 Å². The van der Waals surface area contributed by atoms with E-state index in [1.807, 2.05) is 6.07 Å². The summed E-state index contributed by atoms with van der Waals surface area (Å²) in [6.07, 6.45) is 1.18. The molecule has 5 rings (SSSR count). The summed E-state index contributed by atoms with van der Waals surface area (Å²) in [6, 6.07) is 28.1. The first-order chi connectivity index (χ1) is 13.7. The number of hydrogen-bond donors (Lipinski definition) is 0. The molecule has 0 unspecified atom stereocenters. The van der Waals surface area contributed by atoms with E-state index in [1.165, 1.54) is 43.8 Å². The van der Waals surface area contributed by atoms with E-state index in [-0.39, 0.29) is 6.61 Å². The Kier molecular flexibility index (Phi) is 3.84. The zero-order valence-electron chi connectivity index (χ0n) is 15.3. The molecule has 0 aliphatic rings. The molecule has 5 aromatic carbocycles. The fourth-order valence-electron chi connectivity index (χ4n) is 3.80. The summed E-state index contributed by atoms with van der Waals surface area (Å²) < 4.78 is 5.16. The lowest BCUT2D eigenvalue weighted by molar-refractivity contribution is -0.138. The average molecular weight is 362 g/mol. The van der Waals surface area contributed by atoms with E-state index in [4.69, 9.17) is 4.74 Å². The van der Waals surface area contributed by atoms with Crippen LogP contribution in [0, 0.1) is 0 Å². The van der Waals surface area contributed by atoms with Crippen molar-refractivity contribution >= 4 is 49.1 Å². The summed E-state index contributed by atoms with van der Waals surface area (Å²) in [4.78, 5) is 11.3. The molecule has 28 heavy (non-hydrogen) atoms. The van der Waals surface area contributed by atoms with Crippen molar-refractivity contribution in [3.8, 4) is 0 Å². The fraction of sp³-hybridized carbons (Fsp3) is 0.0385. The van der Waals surface area contributed by atoms with Crippen LogP contribution in [0.25, 0.3) is 43.1 Å². The van der Waals surface area contributed by atoms with Gasteiger partial charge >= 0.3 is 5.97 Å². The Morgan fingerprint density at radius 3 is 1.68 bits per heavy atom. The van der Waals surface area contributed by atoms with Gasteiger partial charge in [0.1, 0.15) is 6.61 Å². The van der Waals surface area contributed by atoms with Crippen LogP contribution in [-0.2, 0) is 16.1 Å². The lowest BCUT2D eigenvalue weighted by atomic mass is 9.97. The number of esters is 1. The Morgan fingerprint density at radius 1 is 0.679 bits per heavy atom. The number of fused-ring (bicyclic) bond motifs is 4. The van der Waals surface area contributed by atoms with Gasteiger partial charge in [0, 0.05) is 6.08 Å². The minimum atomic E-state index is -0.405. The summed E-state index contributed by atoms with van der Waals surface area (Å²) in [5.41, 5.74) is 0.967. The van der Waals surface area contributed by atoms with Crippen molar-refractivity contribution in [1.29, 1.82) is 0 Å². The van der Waals surface area contributed by atoms with Crippen LogP contribution >= 0.6 is 0 Å². The van der Waals surface area contributed by atoms with Gasteiger partial charge in [0.05, 0.1) is 0 Å². The number of hydrogen-bond acceptors (Lipinski definition) is 2. The summed E-state index contributed by atoms with van der Waals surface area (Å²) in [6.45, 7) is 3.68. The molecule has 2 nitrogen and oxygen atoms in total. The third kappa shape index (κ3) is 2.89. The van der Waals surface area contributed by atoms with Gasteiger partial charge in [0.2, 0.25) is 0 Å². The van der Waals surface area contributed by atoms with Gasteiger partial charge in [-0.25, -0.2) is 4.79 Å². The maximum atomic E-state index is 11.3. The second-order valence-electron chi connectivity index (χ2n) is 7.09. The molecule has 0 spiro atoms. The normalized spacial score (nSPS) is 11.3. The lowest BCUT2D eigenvalue weighted by Gasteiger charge is -2.08. The standard InChI is InChI=1S/C26H18O2/c1-2-26(27)28-16-17-7-8-20-12-24-14-22-10-18-5-3-4-6-19(18)11-23(22)15-25(24)13-21(20)9-17/h2-15H,1,16H2. The summed E-state index contributed by atoms with van der Waals surface area (Å²) in [5.74, 6) is -0.405. The van der Waals surface area contributed by atoms with Crippen LogP contribution in [0.4, 0.5) is 0 Å².